The lowest BCUT2D eigenvalue weighted by Gasteiger charge is -1.94. The van der Waals surface area contributed by atoms with Crippen molar-refractivity contribution in [3.8, 4) is 0 Å². The van der Waals surface area contributed by atoms with Gasteiger partial charge in [-0.15, -0.1) is 20.2 Å². The second kappa shape index (κ2) is 20.7. The predicted octanol–water partition coefficient (Wildman–Crippen LogP) is -0.0162. The fourth-order valence-corrected chi connectivity index (χ4v) is 0.445. The largest absolute Gasteiger partial charge is 0.330 e. The van der Waals surface area contributed by atoms with Crippen LogP contribution in [0.25, 0.3) is 0 Å². The van der Waals surface area contributed by atoms with E-state index in [0.717, 1.165) is 0 Å². The molecule has 0 rings (SSSR count). The summed E-state index contributed by atoms with van der Waals surface area (Å²) < 4.78 is 0. The second-order valence-corrected chi connectivity index (χ2v) is 2.36. The zero-order chi connectivity index (χ0) is 14.8. The summed E-state index contributed by atoms with van der Waals surface area (Å²) in [6.45, 7) is 5.14. The number of hydrogen-bond acceptors (Lipinski definition) is 8. The molecule has 0 amide bonds. The molecule has 0 radical (unpaired) electrons. The molecule has 0 saturated carbocycles. The van der Waals surface area contributed by atoms with Gasteiger partial charge in [-0.05, 0) is 20.0 Å². The van der Waals surface area contributed by atoms with E-state index in [-0.39, 0.29) is 13.2 Å². The van der Waals surface area contributed by atoms with Crippen LogP contribution in [0.1, 0.15) is 20.3 Å². The molecule has 0 heterocycles. The molecular weight excluding hydrogens is 248 g/mol. The van der Waals surface area contributed by atoms with Crippen LogP contribution in [0.15, 0.2) is 0 Å². The lowest BCUT2D eigenvalue weighted by molar-refractivity contribution is -0.757. The Kier molecular flexibility index (Phi) is 24.8. The van der Waals surface area contributed by atoms with E-state index in [2.05, 4.69) is 15.0 Å². The monoisotopic (exact) mass is 270 g/mol. The topological polar surface area (TPSA) is 143 Å². The van der Waals surface area contributed by atoms with Crippen molar-refractivity contribution in [1.29, 1.82) is 0 Å². The van der Waals surface area contributed by atoms with Crippen LogP contribution in [-0.4, -0.2) is 43.5 Å². The molecule has 0 aliphatic carbocycles. The summed E-state index contributed by atoms with van der Waals surface area (Å²) in [6.07, 6.45) is 0.529. The Bertz CT molecular complexity index is 172. The number of nitrogens with zero attached hydrogens (tertiary/aromatic N) is 2. The van der Waals surface area contributed by atoms with Crippen LogP contribution in [0.2, 0.25) is 0 Å². The van der Waals surface area contributed by atoms with Gasteiger partial charge in [-0.25, -0.2) is 0 Å². The van der Waals surface area contributed by atoms with E-state index >= 15 is 0 Å². The van der Waals surface area contributed by atoms with Gasteiger partial charge in [-0.2, -0.15) is 0 Å². The third kappa shape index (κ3) is 36.7. The number of likely N-dealkylation sites (N-methyl/N-ethyl adjacent to an activating group) is 1. The Morgan fingerprint density at radius 2 is 1.56 bits per heavy atom. The maximum absolute atomic E-state index is 9.43. The van der Waals surface area contributed by atoms with Gasteiger partial charge < -0.3 is 20.7 Å². The van der Waals surface area contributed by atoms with Crippen molar-refractivity contribution >= 4 is 0 Å². The van der Waals surface area contributed by atoms with Gasteiger partial charge in [0.15, 0.2) is 0 Å². The first-order valence-electron chi connectivity index (χ1n) is 5.43. The van der Waals surface area contributed by atoms with Crippen molar-refractivity contribution in [1.82, 2.24) is 5.32 Å². The van der Waals surface area contributed by atoms with Gasteiger partial charge >= 0.3 is 0 Å². The molecule has 110 valence electrons. The van der Waals surface area contributed by atoms with Gasteiger partial charge in [0.2, 0.25) is 0 Å². The fourth-order valence-electron chi connectivity index (χ4n) is 0.445. The van der Waals surface area contributed by atoms with Gasteiger partial charge in [0.25, 0.3) is 10.2 Å². The molecule has 18 heavy (non-hydrogen) atoms. The zero-order valence-electron chi connectivity index (χ0n) is 11.0. The fraction of sp³-hybridized carbons (Fsp3) is 1.00. The Balaban J connectivity index is -0.000000219. The van der Waals surface area contributed by atoms with Gasteiger partial charge in [-0.3, -0.25) is 0 Å². The van der Waals surface area contributed by atoms with Crippen molar-refractivity contribution in [2.45, 2.75) is 20.3 Å². The van der Waals surface area contributed by atoms with Crippen LogP contribution >= 0.6 is 0 Å². The van der Waals surface area contributed by atoms with Crippen LogP contribution < -0.4 is 11.1 Å². The summed E-state index contributed by atoms with van der Waals surface area (Å²) in [4.78, 5) is 26.7. The summed E-state index contributed by atoms with van der Waals surface area (Å²) in [7, 11) is 1.70. The minimum atomic E-state index is -0.824. The number of nitrogens with two attached hydrogens (primary N) is 1. The van der Waals surface area contributed by atoms with Crippen LogP contribution in [0.4, 0.5) is 0 Å². The van der Waals surface area contributed by atoms with Gasteiger partial charge in [0.05, 0.1) is 6.61 Å². The van der Waals surface area contributed by atoms with Crippen molar-refractivity contribution in [3.63, 3.8) is 0 Å². The first-order valence-corrected chi connectivity index (χ1v) is 5.43. The summed E-state index contributed by atoms with van der Waals surface area (Å²) in [5.41, 5.74) is 5.01. The van der Waals surface area contributed by atoms with Gasteiger partial charge in [0.1, 0.15) is 6.61 Å². The lowest BCUT2D eigenvalue weighted by Crippen LogP contribution is -2.16. The molecule has 0 aliphatic rings. The van der Waals surface area contributed by atoms with Crippen molar-refractivity contribution in [2.75, 3.05) is 33.4 Å². The second-order valence-electron chi connectivity index (χ2n) is 2.36. The molecule has 0 aliphatic heterocycles. The average molecular weight is 270 g/mol. The molecule has 0 atom stereocenters. The third-order valence-electron chi connectivity index (χ3n) is 1.09. The Morgan fingerprint density at radius 1 is 1.11 bits per heavy atom. The highest BCUT2D eigenvalue weighted by Crippen LogP contribution is 1.77. The number of rotatable bonds is 8. The van der Waals surface area contributed by atoms with E-state index in [1.165, 1.54) is 0 Å². The first kappa shape index (κ1) is 21.6. The molecule has 0 spiro atoms. The molecule has 0 saturated heterocycles. The van der Waals surface area contributed by atoms with Crippen LogP contribution in [-0.2, 0) is 9.68 Å². The molecule has 0 aromatic heterocycles. The summed E-state index contributed by atoms with van der Waals surface area (Å²) in [5, 5.41) is 19.9. The summed E-state index contributed by atoms with van der Waals surface area (Å²) >= 11 is 0. The van der Waals surface area contributed by atoms with Crippen molar-refractivity contribution < 1.29 is 19.8 Å². The quantitative estimate of drug-likeness (QED) is 0.356. The molecule has 10 heteroatoms. The smallest absolute Gasteiger partial charge is 0.294 e. The van der Waals surface area contributed by atoms with E-state index in [1.54, 1.807) is 7.05 Å². The van der Waals surface area contributed by atoms with E-state index in [1.807, 2.05) is 13.8 Å². The summed E-state index contributed by atoms with van der Waals surface area (Å²) in [6, 6.07) is 0. The highest BCUT2D eigenvalue weighted by Gasteiger charge is 1.90. The Morgan fingerprint density at radius 3 is 1.89 bits per heavy atom. The molecule has 0 bridgehead atoms. The average Bonchev–Trinajstić information content (AvgIpc) is 2.32. The van der Waals surface area contributed by atoms with E-state index in [9.17, 15) is 20.2 Å². The third-order valence-corrected chi connectivity index (χ3v) is 1.09. The van der Waals surface area contributed by atoms with Crippen LogP contribution in [0.3, 0.4) is 0 Å². The van der Waals surface area contributed by atoms with E-state index in [0.29, 0.717) is 19.5 Å². The van der Waals surface area contributed by atoms with Gasteiger partial charge in [0, 0.05) is 6.54 Å². The first-order chi connectivity index (χ1) is 8.54. The van der Waals surface area contributed by atoms with Gasteiger partial charge in [-0.1, -0.05) is 13.8 Å². The normalized spacial score (nSPS) is 8.00. The Labute approximate surface area is 106 Å². The van der Waals surface area contributed by atoms with E-state index < -0.39 is 10.2 Å². The van der Waals surface area contributed by atoms with Crippen molar-refractivity contribution in [2.24, 2.45) is 5.73 Å². The standard InChI is InChI=1S/2C3H8N2O3.C2H6/c1-4-2-3-8-5(6)7;4-2-1-3-8-5(6)7;1-2/h4H,2-3H2,1H3;1-4H2;1-2H3. The molecule has 0 aromatic carbocycles. The molecular formula is C8H22N4O6. The molecule has 0 aromatic rings. The Hall–Kier alpha value is -1.68. The lowest BCUT2D eigenvalue weighted by atomic mass is 10.5. The molecule has 0 fully saturated rings. The predicted molar refractivity (Wildman–Crippen MR) is 64.8 cm³/mol. The molecule has 3 N–H and O–H groups in total. The molecule has 10 nitrogen and oxygen atoms in total. The van der Waals surface area contributed by atoms with E-state index in [4.69, 9.17) is 5.73 Å². The van der Waals surface area contributed by atoms with Crippen molar-refractivity contribution in [3.05, 3.63) is 20.2 Å². The molecule has 0 unspecified atom stereocenters. The van der Waals surface area contributed by atoms with Crippen LogP contribution in [0, 0.1) is 20.2 Å². The minimum absolute atomic E-state index is 0.101. The highest BCUT2D eigenvalue weighted by molar-refractivity contribution is 4.30. The zero-order valence-corrected chi connectivity index (χ0v) is 11.0. The highest BCUT2D eigenvalue weighted by atomic mass is 17.0. The summed E-state index contributed by atoms with van der Waals surface area (Å²) in [5.74, 6) is 0. The minimum Gasteiger partial charge on any atom is -0.330 e. The SMILES string of the molecule is CC.CNCCO[N+](=O)[O-].NCCCO[N+](=O)[O-]. The van der Waals surface area contributed by atoms with Crippen LogP contribution in [0.5, 0.6) is 0 Å². The number of hydrogen-bond donors (Lipinski definition) is 2. The maximum atomic E-state index is 9.43. The maximum Gasteiger partial charge on any atom is 0.294 e. The number of nitrogens with one attached hydrogen (secondary N) is 1.